The number of hydrogen-bond donors (Lipinski definition) is 1. The van der Waals surface area contributed by atoms with Crippen molar-refractivity contribution < 1.29 is 9.53 Å². The summed E-state index contributed by atoms with van der Waals surface area (Å²) < 4.78 is 6.70. The third-order valence-electron chi connectivity index (χ3n) is 4.44. The van der Waals surface area contributed by atoms with Crippen molar-refractivity contribution >= 4 is 23.3 Å². The first-order chi connectivity index (χ1) is 13.1. The van der Waals surface area contributed by atoms with Crippen LogP contribution in [0.2, 0.25) is 0 Å². The molecule has 1 aromatic carbocycles. The van der Waals surface area contributed by atoms with Gasteiger partial charge in [0.1, 0.15) is 17.4 Å². The highest BCUT2D eigenvalue weighted by Gasteiger charge is 2.32. The Hall–Kier alpha value is -3.68. The molecule has 3 aromatic rings. The SMILES string of the molecule is C=C(OC)c1cccc(CN2C(=O)Cc3c(N)nc(-n4cccn4)nc32)c1. The number of benzene rings is 1. The normalized spacial score (nSPS) is 12.9. The van der Waals surface area contributed by atoms with Gasteiger partial charge in [0.25, 0.3) is 5.95 Å². The summed E-state index contributed by atoms with van der Waals surface area (Å²) in [7, 11) is 1.58. The van der Waals surface area contributed by atoms with Crippen LogP contribution in [-0.2, 0) is 22.5 Å². The Bertz CT molecular complexity index is 1030. The van der Waals surface area contributed by atoms with E-state index in [4.69, 9.17) is 10.5 Å². The highest BCUT2D eigenvalue weighted by molar-refractivity contribution is 6.01. The van der Waals surface area contributed by atoms with Gasteiger partial charge in [0, 0.05) is 23.5 Å². The first kappa shape index (κ1) is 16.8. The van der Waals surface area contributed by atoms with Crippen LogP contribution in [-0.4, -0.2) is 32.8 Å². The van der Waals surface area contributed by atoms with Crippen molar-refractivity contribution in [3.05, 3.63) is 66.0 Å². The van der Waals surface area contributed by atoms with Gasteiger partial charge < -0.3 is 10.5 Å². The van der Waals surface area contributed by atoms with Crippen LogP contribution >= 0.6 is 0 Å². The van der Waals surface area contributed by atoms with Gasteiger partial charge in [0.2, 0.25) is 5.91 Å². The molecule has 2 aromatic heterocycles. The van der Waals surface area contributed by atoms with Gasteiger partial charge in [-0.25, -0.2) is 4.68 Å². The van der Waals surface area contributed by atoms with E-state index in [9.17, 15) is 4.79 Å². The zero-order valence-corrected chi connectivity index (χ0v) is 14.8. The number of methoxy groups -OCH3 is 1. The number of rotatable bonds is 5. The van der Waals surface area contributed by atoms with Gasteiger partial charge in [0.05, 0.1) is 20.1 Å². The molecule has 8 nitrogen and oxygen atoms in total. The van der Waals surface area contributed by atoms with Crippen LogP contribution in [0.1, 0.15) is 16.7 Å². The number of carbonyl (C=O) groups excluding carboxylic acids is 1. The second kappa shape index (κ2) is 6.56. The quantitative estimate of drug-likeness (QED) is 0.697. The van der Waals surface area contributed by atoms with E-state index in [1.54, 1.807) is 30.5 Å². The molecule has 3 heterocycles. The fourth-order valence-electron chi connectivity index (χ4n) is 3.03. The topological polar surface area (TPSA) is 99.2 Å². The van der Waals surface area contributed by atoms with Crippen LogP contribution in [0, 0.1) is 0 Å². The first-order valence-electron chi connectivity index (χ1n) is 8.36. The molecule has 0 saturated carbocycles. The number of ether oxygens (including phenoxy) is 1. The standard InChI is InChI=1S/C19H18N6O2/c1-12(27-2)14-6-3-5-13(9-14)11-24-16(26)10-15-17(20)22-19(23-18(15)24)25-8-4-7-21-25/h3-9H,1,10-11H2,2H3,(H2,20,22,23). The predicted molar refractivity (Wildman–Crippen MR) is 101 cm³/mol. The Morgan fingerprint density at radius 1 is 1.33 bits per heavy atom. The molecule has 4 rings (SSSR count). The van der Waals surface area contributed by atoms with Gasteiger partial charge in [0.15, 0.2) is 0 Å². The molecule has 1 aliphatic rings. The van der Waals surface area contributed by atoms with Crippen LogP contribution in [0.4, 0.5) is 11.6 Å². The number of hydrogen-bond acceptors (Lipinski definition) is 6. The van der Waals surface area contributed by atoms with Gasteiger partial charge in [-0.15, -0.1) is 0 Å². The molecule has 0 radical (unpaired) electrons. The number of nitrogen functional groups attached to an aromatic ring is 1. The molecule has 0 bridgehead atoms. The largest absolute Gasteiger partial charge is 0.497 e. The van der Waals surface area contributed by atoms with Crippen molar-refractivity contribution in [2.24, 2.45) is 0 Å². The summed E-state index contributed by atoms with van der Waals surface area (Å²) in [6.45, 7) is 4.24. The minimum atomic E-state index is -0.0698. The van der Waals surface area contributed by atoms with Crippen molar-refractivity contribution in [2.45, 2.75) is 13.0 Å². The molecule has 27 heavy (non-hydrogen) atoms. The van der Waals surface area contributed by atoms with Crippen LogP contribution in [0.3, 0.4) is 0 Å². The minimum absolute atomic E-state index is 0.0698. The summed E-state index contributed by atoms with van der Waals surface area (Å²) in [5.74, 6) is 1.64. The first-order valence-corrected chi connectivity index (χ1v) is 8.36. The number of nitrogens with two attached hydrogens (primary N) is 1. The zero-order chi connectivity index (χ0) is 19.0. The molecule has 1 amide bonds. The lowest BCUT2D eigenvalue weighted by atomic mass is 10.1. The number of carbonyl (C=O) groups is 1. The van der Waals surface area contributed by atoms with Crippen LogP contribution < -0.4 is 10.6 Å². The van der Waals surface area contributed by atoms with Crippen LogP contribution in [0.25, 0.3) is 11.7 Å². The number of amides is 1. The summed E-state index contributed by atoms with van der Waals surface area (Å²) in [5.41, 5.74) is 8.52. The van der Waals surface area contributed by atoms with E-state index < -0.39 is 0 Å². The molecule has 0 aliphatic carbocycles. The summed E-state index contributed by atoms with van der Waals surface area (Å²) in [6.07, 6.45) is 3.54. The maximum absolute atomic E-state index is 12.6. The van der Waals surface area contributed by atoms with Gasteiger partial charge in [-0.1, -0.05) is 24.8 Å². The second-order valence-corrected chi connectivity index (χ2v) is 6.15. The van der Waals surface area contributed by atoms with Crippen molar-refractivity contribution in [3.8, 4) is 5.95 Å². The van der Waals surface area contributed by atoms with E-state index in [2.05, 4.69) is 21.6 Å². The molecular formula is C19H18N6O2. The fourth-order valence-corrected chi connectivity index (χ4v) is 3.03. The van der Waals surface area contributed by atoms with E-state index in [-0.39, 0.29) is 12.3 Å². The van der Waals surface area contributed by atoms with Gasteiger partial charge in [-0.05, 0) is 17.7 Å². The summed E-state index contributed by atoms with van der Waals surface area (Å²) in [5, 5.41) is 4.13. The van der Waals surface area contributed by atoms with Crippen LogP contribution in [0.5, 0.6) is 0 Å². The Balaban J connectivity index is 1.70. The van der Waals surface area contributed by atoms with Gasteiger partial charge >= 0.3 is 0 Å². The average Bonchev–Trinajstić information content (AvgIpc) is 3.31. The molecular weight excluding hydrogens is 344 g/mol. The predicted octanol–water partition coefficient (Wildman–Crippen LogP) is 1.95. The third kappa shape index (κ3) is 3.01. The van der Waals surface area contributed by atoms with E-state index in [0.29, 0.717) is 35.5 Å². The maximum Gasteiger partial charge on any atom is 0.254 e. The minimum Gasteiger partial charge on any atom is -0.497 e. The van der Waals surface area contributed by atoms with E-state index in [1.165, 1.54) is 4.68 Å². The molecule has 2 N–H and O–H groups in total. The Morgan fingerprint density at radius 3 is 2.93 bits per heavy atom. The number of fused-ring (bicyclic) bond motifs is 1. The molecule has 8 heteroatoms. The third-order valence-corrected chi connectivity index (χ3v) is 4.44. The summed E-state index contributed by atoms with van der Waals surface area (Å²) in [4.78, 5) is 23.0. The van der Waals surface area contributed by atoms with E-state index in [0.717, 1.165) is 11.1 Å². The Morgan fingerprint density at radius 2 is 2.19 bits per heavy atom. The number of anilines is 2. The number of aromatic nitrogens is 4. The van der Waals surface area contributed by atoms with Crippen molar-refractivity contribution in [1.29, 1.82) is 0 Å². The lowest BCUT2D eigenvalue weighted by Gasteiger charge is -2.18. The molecule has 0 spiro atoms. The van der Waals surface area contributed by atoms with E-state index in [1.807, 2.05) is 24.3 Å². The maximum atomic E-state index is 12.6. The van der Waals surface area contributed by atoms with Gasteiger partial charge in [-0.2, -0.15) is 15.1 Å². The number of nitrogens with zero attached hydrogens (tertiary/aromatic N) is 5. The second-order valence-electron chi connectivity index (χ2n) is 6.15. The average molecular weight is 362 g/mol. The fraction of sp³-hybridized carbons (Fsp3) is 0.158. The molecule has 0 saturated heterocycles. The highest BCUT2D eigenvalue weighted by Crippen LogP contribution is 2.32. The molecule has 0 atom stereocenters. The lowest BCUT2D eigenvalue weighted by molar-refractivity contribution is -0.117. The molecule has 136 valence electrons. The smallest absolute Gasteiger partial charge is 0.254 e. The lowest BCUT2D eigenvalue weighted by Crippen LogP contribution is -2.27. The molecule has 1 aliphatic heterocycles. The highest BCUT2D eigenvalue weighted by atomic mass is 16.5. The Labute approximate surface area is 155 Å². The summed E-state index contributed by atoms with van der Waals surface area (Å²) >= 11 is 0. The van der Waals surface area contributed by atoms with Crippen molar-refractivity contribution in [3.63, 3.8) is 0 Å². The Kier molecular flexibility index (Phi) is 4.08. The van der Waals surface area contributed by atoms with Crippen molar-refractivity contribution in [2.75, 3.05) is 17.7 Å². The zero-order valence-electron chi connectivity index (χ0n) is 14.8. The van der Waals surface area contributed by atoms with Crippen LogP contribution in [0.15, 0.2) is 49.3 Å². The van der Waals surface area contributed by atoms with E-state index >= 15 is 0 Å². The summed E-state index contributed by atoms with van der Waals surface area (Å²) in [6, 6.07) is 9.46. The van der Waals surface area contributed by atoms with Crippen molar-refractivity contribution in [1.82, 2.24) is 19.7 Å². The molecule has 0 unspecified atom stereocenters. The molecule has 0 fully saturated rings. The van der Waals surface area contributed by atoms with Gasteiger partial charge in [-0.3, -0.25) is 9.69 Å². The monoisotopic (exact) mass is 362 g/mol.